The van der Waals surface area contributed by atoms with Crippen molar-refractivity contribution in [3.05, 3.63) is 46.7 Å². The number of sulfone groups is 1. The molecule has 0 saturated carbocycles. The molecule has 1 unspecified atom stereocenters. The monoisotopic (exact) mass is 387 g/mol. The van der Waals surface area contributed by atoms with Gasteiger partial charge in [0.05, 0.1) is 11.5 Å². The fourth-order valence-electron chi connectivity index (χ4n) is 2.50. The van der Waals surface area contributed by atoms with Crippen molar-refractivity contribution in [1.82, 2.24) is 4.90 Å². The summed E-state index contributed by atoms with van der Waals surface area (Å²) < 4.78 is 35.5. The van der Waals surface area contributed by atoms with E-state index in [-0.39, 0.29) is 24.0 Å². The van der Waals surface area contributed by atoms with E-state index in [2.05, 4.69) is 15.9 Å². The second-order valence-electron chi connectivity index (χ2n) is 5.15. The summed E-state index contributed by atoms with van der Waals surface area (Å²) in [6.07, 6.45) is 1.88. The van der Waals surface area contributed by atoms with Crippen LogP contribution in [0, 0.1) is 0 Å². The Morgan fingerprint density at radius 3 is 2.82 bits per heavy atom. The molecule has 1 aliphatic heterocycles. The van der Waals surface area contributed by atoms with Crippen molar-refractivity contribution in [2.45, 2.75) is 17.4 Å². The van der Waals surface area contributed by atoms with E-state index >= 15 is 0 Å². The molecule has 2 aromatic heterocycles. The molecule has 8 heteroatoms. The summed E-state index contributed by atoms with van der Waals surface area (Å²) in [5, 5.41) is -0.569. The van der Waals surface area contributed by atoms with Crippen molar-refractivity contribution in [3.8, 4) is 0 Å². The summed E-state index contributed by atoms with van der Waals surface area (Å²) in [5.41, 5.74) is 0. The Kier molecular flexibility index (Phi) is 4.14. The van der Waals surface area contributed by atoms with Crippen molar-refractivity contribution in [2.24, 2.45) is 0 Å². The maximum absolute atomic E-state index is 12.4. The van der Waals surface area contributed by atoms with Gasteiger partial charge in [-0.05, 0) is 46.6 Å². The normalized spacial score (nSPS) is 18.8. The molecule has 1 amide bonds. The summed E-state index contributed by atoms with van der Waals surface area (Å²) in [6.45, 7) is 0.583. The molecule has 0 aliphatic carbocycles. The van der Waals surface area contributed by atoms with Crippen molar-refractivity contribution < 1.29 is 22.0 Å². The van der Waals surface area contributed by atoms with Gasteiger partial charge in [0, 0.05) is 13.1 Å². The predicted octanol–water partition coefficient (Wildman–Crippen LogP) is 2.46. The van der Waals surface area contributed by atoms with Crippen LogP contribution in [0.1, 0.15) is 22.7 Å². The van der Waals surface area contributed by atoms with Gasteiger partial charge in [0.1, 0.15) is 11.5 Å². The minimum absolute atomic E-state index is 0.140. The van der Waals surface area contributed by atoms with Crippen LogP contribution in [0.5, 0.6) is 0 Å². The summed E-state index contributed by atoms with van der Waals surface area (Å²) in [5.74, 6) is 0.191. The summed E-state index contributed by atoms with van der Waals surface area (Å²) in [7, 11) is -3.35. The fraction of sp³-hybridized carbons (Fsp3) is 0.357. The lowest BCUT2D eigenvalue weighted by Gasteiger charge is -2.15. The van der Waals surface area contributed by atoms with Crippen LogP contribution in [0.3, 0.4) is 0 Å². The highest BCUT2D eigenvalue weighted by Gasteiger charge is 2.36. The summed E-state index contributed by atoms with van der Waals surface area (Å²) in [6, 6.07) is 6.49. The standard InChI is InChI=1S/C14H14BrNO5S/c15-13-4-3-12(21-13)14(17)16-6-5-11(8-16)22(18,19)9-10-2-1-7-20-10/h1-4,7,11H,5-6,8-9H2. The van der Waals surface area contributed by atoms with Crippen LogP contribution in [0.25, 0.3) is 0 Å². The quantitative estimate of drug-likeness (QED) is 0.804. The summed E-state index contributed by atoms with van der Waals surface area (Å²) >= 11 is 3.14. The molecule has 0 bridgehead atoms. The van der Waals surface area contributed by atoms with E-state index in [9.17, 15) is 13.2 Å². The highest BCUT2D eigenvalue weighted by atomic mass is 79.9. The molecule has 0 N–H and O–H groups in total. The van der Waals surface area contributed by atoms with Gasteiger partial charge in [0.15, 0.2) is 20.3 Å². The number of nitrogens with zero attached hydrogens (tertiary/aromatic N) is 1. The van der Waals surface area contributed by atoms with Gasteiger partial charge in [-0.25, -0.2) is 8.42 Å². The average Bonchev–Trinajstić information content (AvgIpc) is 3.17. The molecule has 2 aromatic rings. The average molecular weight is 388 g/mol. The Hall–Kier alpha value is -1.54. The van der Waals surface area contributed by atoms with Gasteiger partial charge >= 0.3 is 0 Å². The zero-order valence-electron chi connectivity index (χ0n) is 11.6. The van der Waals surface area contributed by atoms with E-state index in [1.807, 2.05) is 0 Å². The first kappa shape index (κ1) is 15.4. The lowest BCUT2D eigenvalue weighted by atomic mass is 10.4. The molecule has 0 aromatic carbocycles. The third-order valence-corrected chi connectivity index (χ3v) is 6.16. The number of furan rings is 2. The predicted molar refractivity (Wildman–Crippen MR) is 82.0 cm³/mol. The highest BCUT2D eigenvalue weighted by molar-refractivity contribution is 9.10. The Bertz CT molecular complexity index is 765. The molecule has 22 heavy (non-hydrogen) atoms. The van der Waals surface area contributed by atoms with Crippen molar-refractivity contribution in [1.29, 1.82) is 0 Å². The maximum atomic E-state index is 12.4. The number of carbonyl (C=O) groups excluding carboxylic acids is 1. The molecule has 0 radical (unpaired) electrons. The lowest BCUT2D eigenvalue weighted by molar-refractivity contribution is 0.0760. The molecule has 1 aliphatic rings. The third-order valence-electron chi connectivity index (χ3n) is 3.65. The van der Waals surface area contributed by atoms with Gasteiger partial charge in [-0.3, -0.25) is 4.79 Å². The van der Waals surface area contributed by atoms with Crippen molar-refractivity contribution >= 4 is 31.7 Å². The van der Waals surface area contributed by atoms with Crippen LogP contribution >= 0.6 is 15.9 Å². The molecule has 1 fully saturated rings. The molecular weight excluding hydrogens is 374 g/mol. The van der Waals surface area contributed by atoms with E-state index in [1.165, 1.54) is 11.2 Å². The molecule has 0 spiro atoms. The minimum Gasteiger partial charge on any atom is -0.468 e. The molecule has 3 rings (SSSR count). The molecule has 6 nitrogen and oxygen atoms in total. The smallest absolute Gasteiger partial charge is 0.289 e. The second-order valence-corrected chi connectivity index (χ2v) is 8.21. The van der Waals surface area contributed by atoms with Crippen LogP contribution in [0.2, 0.25) is 0 Å². The Balaban J connectivity index is 1.68. The van der Waals surface area contributed by atoms with Crippen LogP contribution < -0.4 is 0 Å². The largest absolute Gasteiger partial charge is 0.468 e. The number of hydrogen-bond donors (Lipinski definition) is 0. The number of hydrogen-bond acceptors (Lipinski definition) is 5. The van der Waals surface area contributed by atoms with E-state index in [0.29, 0.717) is 23.4 Å². The van der Waals surface area contributed by atoms with Gasteiger partial charge in [0.2, 0.25) is 0 Å². The van der Waals surface area contributed by atoms with Crippen LogP contribution in [0.4, 0.5) is 0 Å². The van der Waals surface area contributed by atoms with Gasteiger partial charge in [0.25, 0.3) is 5.91 Å². The van der Waals surface area contributed by atoms with E-state index in [0.717, 1.165) is 0 Å². The lowest BCUT2D eigenvalue weighted by Crippen LogP contribution is -2.32. The Labute approximate surface area is 136 Å². The molecule has 1 atom stereocenters. The van der Waals surface area contributed by atoms with Gasteiger partial charge in [-0.1, -0.05) is 0 Å². The number of rotatable bonds is 4. The number of halogens is 1. The van der Waals surface area contributed by atoms with Gasteiger partial charge < -0.3 is 13.7 Å². The van der Waals surface area contributed by atoms with E-state index in [1.54, 1.807) is 24.3 Å². The van der Waals surface area contributed by atoms with Crippen LogP contribution in [0.15, 0.2) is 44.0 Å². The topological polar surface area (TPSA) is 80.7 Å². The first-order chi connectivity index (χ1) is 10.5. The highest BCUT2D eigenvalue weighted by Crippen LogP contribution is 2.23. The Morgan fingerprint density at radius 1 is 1.36 bits per heavy atom. The third kappa shape index (κ3) is 3.12. The zero-order valence-corrected chi connectivity index (χ0v) is 14.0. The summed E-state index contributed by atoms with van der Waals surface area (Å²) in [4.78, 5) is 13.8. The Morgan fingerprint density at radius 2 is 2.18 bits per heavy atom. The van der Waals surface area contributed by atoms with Crippen molar-refractivity contribution in [2.75, 3.05) is 13.1 Å². The first-order valence-electron chi connectivity index (χ1n) is 6.74. The van der Waals surface area contributed by atoms with Crippen molar-refractivity contribution in [3.63, 3.8) is 0 Å². The number of likely N-dealkylation sites (tertiary alicyclic amines) is 1. The van der Waals surface area contributed by atoms with E-state index in [4.69, 9.17) is 8.83 Å². The SMILES string of the molecule is O=C(c1ccc(Br)o1)N1CCC(S(=O)(=O)Cc2ccco2)C1. The molecule has 3 heterocycles. The number of amides is 1. The fourth-order valence-corrected chi connectivity index (χ4v) is 4.48. The van der Waals surface area contributed by atoms with E-state index < -0.39 is 15.1 Å². The molecular formula is C14H14BrNO5S. The van der Waals surface area contributed by atoms with Crippen LogP contribution in [-0.4, -0.2) is 37.6 Å². The van der Waals surface area contributed by atoms with Gasteiger partial charge in [-0.15, -0.1) is 0 Å². The first-order valence-corrected chi connectivity index (χ1v) is 9.25. The maximum Gasteiger partial charge on any atom is 0.289 e. The van der Waals surface area contributed by atoms with Gasteiger partial charge in [-0.2, -0.15) is 0 Å². The second kappa shape index (κ2) is 5.92. The zero-order chi connectivity index (χ0) is 15.7. The van der Waals surface area contributed by atoms with Crippen LogP contribution in [-0.2, 0) is 15.6 Å². The number of carbonyl (C=O) groups is 1. The molecule has 118 valence electrons. The molecule has 1 saturated heterocycles. The minimum atomic E-state index is -3.35.